The molecule has 0 spiro atoms. The molecule has 27 heteroatoms. The van der Waals surface area contributed by atoms with Gasteiger partial charge in [0.05, 0.1) is 62.5 Å². The topological polar surface area (TPSA) is 272 Å². The fraction of sp³-hybridized carbons (Fsp3) is 0.527. The van der Waals surface area contributed by atoms with Gasteiger partial charge in [0.15, 0.2) is 54.2 Å². The van der Waals surface area contributed by atoms with Crippen LogP contribution in [-0.2, 0) is 38.9 Å². The molecule has 0 radical (unpaired) electrons. The van der Waals surface area contributed by atoms with E-state index < -0.39 is 103 Å². The van der Waals surface area contributed by atoms with Crippen molar-refractivity contribution in [2.24, 2.45) is 5.92 Å². The molecular formula is C74H107N7O17Si3. The Kier molecular flexibility index (Phi) is 25.0. The molecule has 0 fully saturated rings. The van der Waals surface area contributed by atoms with Gasteiger partial charge < -0.3 is 72.6 Å². The van der Waals surface area contributed by atoms with Crippen molar-refractivity contribution >= 4 is 83.9 Å². The monoisotopic (exact) mass is 1450 g/mol. The van der Waals surface area contributed by atoms with Gasteiger partial charge in [0, 0.05) is 42.2 Å². The first-order chi connectivity index (χ1) is 47.0. The van der Waals surface area contributed by atoms with Crippen molar-refractivity contribution in [2.45, 2.75) is 207 Å². The Morgan fingerprint density at radius 1 is 0.693 bits per heavy atom. The molecule has 24 nitrogen and oxygen atoms in total. The Labute approximate surface area is 599 Å². The number of anilines is 3. The Hall–Kier alpha value is -8.22. The number of ether oxygens (including phenoxy) is 6. The number of carbonyl (C=O) groups excluding carboxylic acids is 6. The number of benzene rings is 3. The second-order valence-electron chi connectivity index (χ2n) is 30.7. The van der Waals surface area contributed by atoms with Gasteiger partial charge in [0.1, 0.15) is 31.3 Å². The van der Waals surface area contributed by atoms with E-state index in [4.69, 9.17) is 41.7 Å². The predicted octanol–water partition coefficient (Wildman–Crippen LogP) is 14.6. The summed E-state index contributed by atoms with van der Waals surface area (Å²) >= 11 is 0. The molecule has 0 saturated carbocycles. The minimum Gasteiger partial charge on any atom is -0.493 e. The number of hydrogen-bond acceptors (Lipinski definition) is 16. The van der Waals surface area contributed by atoms with E-state index in [9.17, 15) is 29.1 Å². The quantitative estimate of drug-likeness (QED) is 0.0252. The first kappa shape index (κ1) is 80.1. The van der Waals surface area contributed by atoms with Gasteiger partial charge in [0.25, 0.3) is 11.8 Å². The number of allylic oxidation sites excluding steroid dienone is 3. The van der Waals surface area contributed by atoms with E-state index in [0.717, 1.165) is 10.5 Å². The predicted molar refractivity (Wildman–Crippen MR) is 397 cm³/mol. The van der Waals surface area contributed by atoms with Gasteiger partial charge in [-0.05, 0) is 123 Å². The number of carbonyl (C=O) groups is 7. The molecule has 7 amide bonds. The van der Waals surface area contributed by atoms with Crippen molar-refractivity contribution in [2.75, 3.05) is 55.7 Å². The van der Waals surface area contributed by atoms with Crippen LogP contribution >= 0.6 is 0 Å². The highest BCUT2D eigenvalue weighted by atomic mass is 28.4. The molecule has 0 aliphatic carbocycles. The van der Waals surface area contributed by atoms with Crippen LogP contribution in [0, 0.1) is 5.92 Å². The minimum absolute atomic E-state index is 0.00325. The fourth-order valence-corrected chi connectivity index (χ4v) is 15.3. The molecular weight excluding hydrogens is 1340 g/mol. The number of alkyl carbamates (subject to hydrolysis) is 1. The molecule has 552 valence electrons. The largest absolute Gasteiger partial charge is 0.493 e. The second kappa shape index (κ2) is 31.6. The molecule has 0 aromatic heterocycles. The Bertz CT molecular complexity index is 3710. The summed E-state index contributed by atoms with van der Waals surface area (Å²) in [5.74, 6) is -3.23. The van der Waals surface area contributed by atoms with Gasteiger partial charge in [0.2, 0.25) is 17.6 Å². The molecule has 3 aromatic carbocycles. The Balaban J connectivity index is 1.21. The Morgan fingerprint density at radius 3 is 1.73 bits per heavy atom. The summed E-state index contributed by atoms with van der Waals surface area (Å²) in [4.78, 5) is 104. The lowest BCUT2D eigenvalue weighted by molar-refractivity contribution is -0.128. The van der Waals surface area contributed by atoms with Crippen molar-refractivity contribution in [1.82, 2.24) is 20.4 Å². The number of rotatable bonds is 26. The van der Waals surface area contributed by atoms with E-state index in [2.05, 4.69) is 111 Å². The average molecular weight is 1450 g/mol. The normalized spacial score (nSPS) is 18.5. The van der Waals surface area contributed by atoms with Crippen LogP contribution in [0.1, 0.15) is 136 Å². The van der Waals surface area contributed by atoms with Crippen molar-refractivity contribution in [3.8, 4) is 23.0 Å². The molecule has 0 saturated heterocycles. The second-order valence-corrected chi connectivity index (χ2v) is 44.9. The molecule has 7 rings (SSSR count). The van der Waals surface area contributed by atoms with Crippen molar-refractivity contribution in [3.05, 3.63) is 126 Å². The highest BCUT2D eigenvalue weighted by Crippen LogP contribution is 2.53. The average Bonchev–Trinajstić information content (AvgIpc) is 1.59. The molecule has 4 aliphatic rings. The molecule has 0 unspecified atom stereocenters. The van der Waals surface area contributed by atoms with Crippen LogP contribution in [0.25, 0.3) is 0 Å². The summed E-state index contributed by atoms with van der Waals surface area (Å²) < 4.78 is 58.3. The first-order valence-corrected chi connectivity index (χ1v) is 43.1. The maximum atomic E-state index is 15.7. The van der Waals surface area contributed by atoms with E-state index in [0.29, 0.717) is 23.2 Å². The van der Waals surface area contributed by atoms with E-state index >= 15 is 9.59 Å². The van der Waals surface area contributed by atoms with E-state index in [-0.39, 0.29) is 106 Å². The number of hydrogen-bond donors (Lipinski definition) is 4. The lowest BCUT2D eigenvalue weighted by atomic mass is 10.0. The van der Waals surface area contributed by atoms with Crippen molar-refractivity contribution in [3.63, 3.8) is 0 Å². The standard InChI is InChI=1S/C74H107N7O17Si3/c1-24-28-49-37-56-67(96-99(18,19)71(7,8)9)81(69(87)88)55-41-60(58(91-17)39-53(55)65(84)78(56)42-49)93-36-27-35-92-59-40-54-52(38-57(59)90-16)66(85)80-43-50(29-25-2)74(97-100(20,21)72(10,11)12,98-101(22,23)73(13,14)15)61(80)44-79(54)70(89)95-45-48-30-32-51(33-31-48)76-63(82)47(6)75-64(83)62(46(4)5)77-68(86)94-34-26-3/h24-26,28-33,38-43,46-47,56,61-62,67H,3,27,34-37,44-45H2,1-2,4-23H3,(H,75,83)(H,76,82)(H,77,86)(H,87,88)/b28-24+,29-25+/t47-,56+,61+,62-,67+/m1/s1. The third-order valence-electron chi connectivity index (χ3n) is 20.0. The zero-order valence-corrected chi connectivity index (χ0v) is 66.0. The van der Waals surface area contributed by atoms with Crippen molar-refractivity contribution < 1.29 is 80.4 Å². The number of nitrogens with one attached hydrogen (secondary N) is 3. The fourth-order valence-electron chi connectivity index (χ4n) is 11.3. The summed E-state index contributed by atoms with van der Waals surface area (Å²) in [6, 6.07) is 9.07. The smallest absolute Gasteiger partial charge is 0.414 e. The third kappa shape index (κ3) is 17.6. The summed E-state index contributed by atoms with van der Waals surface area (Å²) in [6.07, 6.45) is 9.07. The van der Waals surface area contributed by atoms with Gasteiger partial charge >= 0.3 is 18.3 Å². The van der Waals surface area contributed by atoms with Crippen LogP contribution in [0.4, 0.5) is 31.4 Å². The molecule has 4 aliphatic heterocycles. The van der Waals surface area contributed by atoms with Crippen LogP contribution in [0.5, 0.6) is 23.0 Å². The zero-order chi connectivity index (χ0) is 75.3. The van der Waals surface area contributed by atoms with E-state index in [1.54, 1.807) is 72.4 Å². The van der Waals surface area contributed by atoms with Crippen molar-refractivity contribution in [1.29, 1.82) is 0 Å². The van der Waals surface area contributed by atoms with Gasteiger partial charge in [-0.15, -0.1) is 0 Å². The summed E-state index contributed by atoms with van der Waals surface area (Å²) in [5.41, 5.74) is 2.80. The van der Waals surface area contributed by atoms with Gasteiger partial charge in [-0.3, -0.25) is 24.1 Å². The molecule has 4 N–H and O–H groups in total. The zero-order valence-electron chi connectivity index (χ0n) is 63.0. The number of nitrogens with zero attached hydrogens (tertiary/aromatic N) is 4. The van der Waals surface area contributed by atoms with Crippen LogP contribution < -0.4 is 44.7 Å². The number of fused-ring (bicyclic) bond motifs is 4. The van der Waals surface area contributed by atoms with Crippen LogP contribution in [-0.4, -0.2) is 159 Å². The van der Waals surface area contributed by atoms with Gasteiger partial charge in [-0.25, -0.2) is 19.3 Å². The molecule has 4 heterocycles. The summed E-state index contributed by atoms with van der Waals surface area (Å²) in [6.45, 7) is 43.4. The van der Waals surface area contributed by atoms with Crippen LogP contribution in [0.3, 0.4) is 0 Å². The lowest BCUT2D eigenvalue weighted by Crippen LogP contribution is -2.65. The maximum Gasteiger partial charge on any atom is 0.414 e. The molecule has 0 bridgehead atoms. The highest BCUT2D eigenvalue weighted by molar-refractivity contribution is 6.75. The molecule has 101 heavy (non-hydrogen) atoms. The summed E-state index contributed by atoms with van der Waals surface area (Å²) in [5, 5.41) is 18.1. The minimum atomic E-state index is -2.86. The molecule has 3 aromatic rings. The third-order valence-corrected chi connectivity index (χ3v) is 33.3. The first-order valence-electron chi connectivity index (χ1n) is 34.3. The van der Waals surface area contributed by atoms with E-state index in [1.807, 2.05) is 51.2 Å². The number of carboxylic acid groups (broad SMARTS) is 1. The lowest BCUT2D eigenvalue weighted by Gasteiger charge is -2.52. The highest BCUT2D eigenvalue weighted by Gasteiger charge is 2.62. The Morgan fingerprint density at radius 2 is 1.23 bits per heavy atom. The number of amides is 7. The van der Waals surface area contributed by atoms with E-state index in [1.165, 1.54) is 44.3 Å². The SMILES string of the molecule is C=CCOC(=O)N[C@@H](C(=O)N[C@H](C)C(=O)Nc1ccc(COC(=O)N2C[C@@H]3N(C=C(/C=C/C)C3(O[Si](C)(C)C(C)(C)C)O[Si](C)(C)C(C)(C)C)C(=O)c3cc(OC)c(OCCCOc4cc5c(cc4OC)C(=O)N4C=C(/C=C/C)C[C@H]4[C@H](O[Si](C)(C)C(C)(C)C)N5C(=O)O)cc32)cc1)C(C)C. The van der Waals surface area contributed by atoms with Gasteiger partial charge in [-0.1, -0.05) is 125 Å². The van der Waals surface area contributed by atoms with Gasteiger partial charge in [-0.2, -0.15) is 0 Å². The molecule has 5 atom stereocenters. The van der Waals surface area contributed by atoms with Crippen LogP contribution in [0.15, 0.2) is 109 Å². The summed E-state index contributed by atoms with van der Waals surface area (Å²) in [7, 11) is -5.53. The maximum absolute atomic E-state index is 15.7. The number of methoxy groups -OCH3 is 2. The van der Waals surface area contributed by atoms with Crippen LogP contribution in [0.2, 0.25) is 54.4 Å².